The van der Waals surface area contributed by atoms with Crippen LogP contribution in [0.1, 0.15) is 32.6 Å². The molecule has 2 bridgehead atoms. The summed E-state index contributed by atoms with van der Waals surface area (Å²) in [6.07, 6.45) is 9.47. The fourth-order valence-corrected chi connectivity index (χ4v) is 4.69. The average Bonchev–Trinajstić information content (AvgIpc) is 3.23. The fourth-order valence-electron chi connectivity index (χ4n) is 4.69. The van der Waals surface area contributed by atoms with E-state index in [1.807, 2.05) is 6.20 Å². The number of carbonyl (C=O) groups is 2. The summed E-state index contributed by atoms with van der Waals surface area (Å²) in [5.74, 6) is -3.04. The van der Waals surface area contributed by atoms with E-state index < -0.39 is 11.9 Å². The van der Waals surface area contributed by atoms with Crippen molar-refractivity contribution in [2.45, 2.75) is 51.2 Å². The Morgan fingerprint density at radius 2 is 1.81 bits per heavy atom. The molecule has 0 spiro atoms. The van der Waals surface area contributed by atoms with Crippen molar-refractivity contribution in [2.24, 2.45) is 5.92 Å². The predicted octanol–water partition coefficient (Wildman–Crippen LogP) is 3.03. The molecule has 0 aliphatic carbocycles. The number of nitrogens with zero attached hydrogens (tertiary/aromatic N) is 3. The molecule has 0 saturated carbocycles. The topological polar surface area (TPSA) is 105 Å². The summed E-state index contributed by atoms with van der Waals surface area (Å²) in [6.45, 7) is 5.31. The number of para-hydroxylation sites is 1. The minimum Gasteiger partial charge on any atom is -0.473 e. The highest BCUT2D eigenvalue weighted by atomic mass is 16.5. The van der Waals surface area contributed by atoms with Gasteiger partial charge in [0.15, 0.2) is 0 Å². The van der Waals surface area contributed by atoms with Crippen molar-refractivity contribution in [3.8, 4) is 0 Å². The molecule has 2 aliphatic heterocycles. The number of ether oxygens (including phenoxy) is 1. The summed E-state index contributed by atoms with van der Waals surface area (Å²) in [6, 6.07) is 9.97. The molecule has 1 aromatic heterocycles. The molecule has 0 unspecified atom stereocenters. The van der Waals surface area contributed by atoms with Crippen molar-refractivity contribution in [2.75, 3.05) is 20.3 Å². The Hall–Kier alpha value is -2.71. The van der Waals surface area contributed by atoms with Gasteiger partial charge in [0.1, 0.15) is 0 Å². The maximum absolute atomic E-state index is 9.10. The smallest absolute Gasteiger partial charge is 0.414 e. The number of hydrogen-bond donors (Lipinski definition) is 2. The first-order valence-electron chi connectivity index (χ1n) is 10.7. The van der Waals surface area contributed by atoms with Gasteiger partial charge in [0.2, 0.25) is 0 Å². The van der Waals surface area contributed by atoms with Crippen molar-refractivity contribution in [1.82, 2.24) is 14.7 Å². The van der Waals surface area contributed by atoms with Gasteiger partial charge in [-0.25, -0.2) is 9.59 Å². The van der Waals surface area contributed by atoms with E-state index in [0.29, 0.717) is 5.92 Å². The van der Waals surface area contributed by atoms with Crippen LogP contribution >= 0.6 is 0 Å². The van der Waals surface area contributed by atoms with Gasteiger partial charge in [0.05, 0.1) is 18.3 Å². The standard InChI is InChI=1S/C21H29N3O.C2H2O4/c1-16(15-24-21-6-4-3-5-18(21)13-22-24)14-23-19-7-8-20(23)12-17(11-19)9-10-25-2;3-1(4)2(5)6/h3-6,9,13,16,19-20H,7-8,10-12,14-15H2,1-2H3;(H,3,4)(H,5,6)/t16-,19-,20+;/m1./s1. The van der Waals surface area contributed by atoms with E-state index in [9.17, 15) is 0 Å². The lowest BCUT2D eigenvalue weighted by molar-refractivity contribution is -0.159. The summed E-state index contributed by atoms with van der Waals surface area (Å²) >= 11 is 0. The molecule has 2 N–H and O–H groups in total. The maximum Gasteiger partial charge on any atom is 0.414 e. The molecule has 2 aromatic rings. The van der Waals surface area contributed by atoms with Crippen LogP contribution in [0.2, 0.25) is 0 Å². The molecule has 168 valence electrons. The second-order valence-corrected chi connectivity index (χ2v) is 8.41. The van der Waals surface area contributed by atoms with Crippen LogP contribution in [0.5, 0.6) is 0 Å². The van der Waals surface area contributed by atoms with Crippen LogP contribution in [0.25, 0.3) is 10.9 Å². The largest absolute Gasteiger partial charge is 0.473 e. The van der Waals surface area contributed by atoms with Crippen LogP contribution in [0, 0.1) is 5.92 Å². The van der Waals surface area contributed by atoms with Crippen LogP contribution in [-0.2, 0) is 20.9 Å². The molecule has 31 heavy (non-hydrogen) atoms. The predicted molar refractivity (Wildman–Crippen MR) is 117 cm³/mol. The third-order valence-electron chi connectivity index (χ3n) is 6.05. The van der Waals surface area contributed by atoms with E-state index >= 15 is 0 Å². The number of piperidine rings is 1. The monoisotopic (exact) mass is 429 g/mol. The molecule has 0 amide bonds. The van der Waals surface area contributed by atoms with Crippen molar-refractivity contribution in [3.05, 3.63) is 42.1 Å². The number of methoxy groups -OCH3 is 1. The number of carboxylic acids is 2. The van der Waals surface area contributed by atoms with Crippen LogP contribution in [0.3, 0.4) is 0 Å². The Bertz CT molecular complexity index is 910. The third-order valence-corrected chi connectivity index (χ3v) is 6.05. The summed E-state index contributed by atoms with van der Waals surface area (Å²) in [7, 11) is 1.78. The first kappa shape index (κ1) is 23.0. The lowest BCUT2D eigenvalue weighted by Crippen LogP contribution is -2.43. The van der Waals surface area contributed by atoms with E-state index in [1.54, 1.807) is 12.7 Å². The molecule has 8 nitrogen and oxygen atoms in total. The molecular formula is C23H31N3O5. The molecule has 3 atom stereocenters. The third kappa shape index (κ3) is 5.92. The molecule has 8 heteroatoms. The Morgan fingerprint density at radius 1 is 1.16 bits per heavy atom. The molecule has 0 radical (unpaired) electrons. The second kappa shape index (κ2) is 10.5. The Labute approximate surface area is 182 Å². The first-order valence-corrected chi connectivity index (χ1v) is 10.7. The number of aromatic nitrogens is 2. The molecule has 2 aliphatic rings. The number of carboxylic acid groups (broad SMARTS) is 2. The normalized spacial score (nSPS) is 22.8. The summed E-state index contributed by atoms with van der Waals surface area (Å²) in [4.78, 5) is 21.0. The number of fused-ring (bicyclic) bond motifs is 3. The van der Waals surface area contributed by atoms with Crippen molar-refractivity contribution in [1.29, 1.82) is 0 Å². The lowest BCUT2D eigenvalue weighted by Gasteiger charge is -2.37. The van der Waals surface area contributed by atoms with Crippen molar-refractivity contribution < 1.29 is 24.5 Å². The van der Waals surface area contributed by atoms with Gasteiger partial charge in [-0.05, 0) is 37.7 Å². The highest BCUT2D eigenvalue weighted by molar-refractivity contribution is 6.27. The van der Waals surface area contributed by atoms with E-state index in [2.05, 4.69) is 51.9 Å². The zero-order valence-electron chi connectivity index (χ0n) is 18.1. The van der Waals surface area contributed by atoms with Gasteiger partial charge in [-0.3, -0.25) is 9.58 Å². The quantitative estimate of drug-likeness (QED) is 0.537. The van der Waals surface area contributed by atoms with E-state index in [0.717, 1.165) is 25.2 Å². The highest BCUT2D eigenvalue weighted by Gasteiger charge is 2.38. The number of hydrogen-bond acceptors (Lipinski definition) is 5. The Balaban J connectivity index is 0.000000401. The Kier molecular flexibility index (Phi) is 7.81. The van der Waals surface area contributed by atoms with Crippen molar-refractivity contribution in [3.63, 3.8) is 0 Å². The first-order chi connectivity index (χ1) is 14.9. The summed E-state index contributed by atoms with van der Waals surface area (Å²) < 4.78 is 7.40. The molecule has 2 fully saturated rings. The van der Waals surface area contributed by atoms with Gasteiger partial charge in [-0.15, -0.1) is 0 Å². The van der Waals surface area contributed by atoms with Gasteiger partial charge in [-0.2, -0.15) is 5.10 Å². The fraction of sp³-hybridized carbons (Fsp3) is 0.522. The highest BCUT2D eigenvalue weighted by Crippen LogP contribution is 2.38. The second-order valence-electron chi connectivity index (χ2n) is 8.41. The lowest BCUT2D eigenvalue weighted by atomic mass is 9.95. The van der Waals surface area contributed by atoms with Crippen LogP contribution in [0.15, 0.2) is 42.1 Å². The van der Waals surface area contributed by atoms with Gasteiger partial charge >= 0.3 is 11.9 Å². The van der Waals surface area contributed by atoms with Crippen LogP contribution < -0.4 is 0 Å². The maximum atomic E-state index is 9.10. The Morgan fingerprint density at radius 3 is 2.42 bits per heavy atom. The van der Waals surface area contributed by atoms with E-state index in [4.69, 9.17) is 24.5 Å². The molecule has 1 aromatic carbocycles. The SMILES string of the molecule is COCC=C1C[C@H]2CC[C@@H](C1)N2C[C@@H](C)Cn1ncc2ccccc21.O=C(O)C(=O)O. The molecule has 3 heterocycles. The molecular weight excluding hydrogens is 398 g/mol. The van der Waals surface area contributed by atoms with Crippen LogP contribution in [0.4, 0.5) is 0 Å². The zero-order chi connectivity index (χ0) is 22.4. The number of rotatable bonds is 6. The average molecular weight is 430 g/mol. The molecule has 2 saturated heterocycles. The van der Waals surface area contributed by atoms with Crippen molar-refractivity contribution >= 4 is 22.8 Å². The zero-order valence-corrected chi connectivity index (χ0v) is 18.1. The van der Waals surface area contributed by atoms with E-state index in [1.165, 1.54) is 43.1 Å². The van der Waals surface area contributed by atoms with E-state index in [-0.39, 0.29) is 0 Å². The summed E-state index contributed by atoms with van der Waals surface area (Å²) in [5.41, 5.74) is 2.86. The van der Waals surface area contributed by atoms with Crippen LogP contribution in [-0.4, -0.2) is 69.2 Å². The van der Waals surface area contributed by atoms with Gasteiger partial charge in [-0.1, -0.05) is 36.8 Å². The van der Waals surface area contributed by atoms with Gasteiger partial charge < -0.3 is 14.9 Å². The van der Waals surface area contributed by atoms with Gasteiger partial charge in [0.25, 0.3) is 0 Å². The summed E-state index contributed by atoms with van der Waals surface area (Å²) in [5, 5.41) is 20.6. The molecule has 4 rings (SSSR count). The number of aliphatic carboxylic acids is 2. The minimum absolute atomic E-state index is 0.607. The minimum atomic E-state index is -1.82. The van der Waals surface area contributed by atoms with Gasteiger partial charge in [0, 0.05) is 37.7 Å². The number of benzene rings is 1.